The first-order valence-electron chi connectivity index (χ1n) is 19.5. The first-order valence-corrected chi connectivity index (χ1v) is 22.5. The monoisotopic (exact) mass is 734 g/mol. The van der Waals surface area contributed by atoms with Crippen molar-refractivity contribution in [1.29, 1.82) is 0 Å². The number of pyridine rings is 1. The molecule has 2 aliphatic rings. The molecule has 2 aliphatic heterocycles. The normalized spacial score (nSPS) is 16.1. The van der Waals surface area contributed by atoms with E-state index in [1.165, 1.54) is 5.19 Å². The Bertz CT molecular complexity index is 3120. The van der Waals surface area contributed by atoms with E-state index in [0.29, 0.717) is 0 Å². The van der Waals surface area contributed by atoms with Gasteiger partial charge in [-0.2, -0.15) is 4.57 Å². The van der Waals surface area contributed by atoms with Gasteiger partial charge in [-0.15, -0.1) is 9.13 Å². The van der Waals surface area contributed by atoms with Crippen LogP contribution in [0.2, 0.25) is 19.6 Å². The van der Waals surface area contributed by atoms with Crippen LogP contribution in [0, 0.1) is 5.82 Å². The van der Waals surface area contributed by atoms with Crippen molar-refractivity contribution in [1.82, 2.24) is 4.57 Å². The molecule has 1 atom stereocenters. The molecule has 0 bridgehead atoms. The highest BCUT2D eigenvalue weighted by Gasteiger charge is 2.66. The van der Waals surface area contributed by atoms with Crippen molar-refractivity contribution in [3.8, 4) is 39.5 Å². The van der Waals surface area contributed by atoms with Crippen molar-refractivity contribution in [2.45, 2.75) is 45.0 Å². The molecule has 0 saturated heterocycles. The van der Waals surface area contributed by atoms with Gasteiger partial charge in [0, 0.05) is 23.4 Å². The summed E-state index contributed by atoms with van der Waals surface area (Å²) in [6.45, 7) is 11.2. The number of halogens is 1. The van der Waals surface area contributed by atoms with Crippen LogP contribution in [0.5, 0.6) is 0 Å². The molecule has 0 radical (unpaired) electrons. The predicted molar refractivity (Wildman–Crippen MR) is 222 cm³/mol. The topological polar surface area (TPSA) is 25.8 Å². The maximum Gasteiger partial charge on any atom is 0.364 e. The molecule has 4 nitrogen and oxygen atoms in total. The second-order valence-corrected chi connectivity index (χ2v) is 21.4. The van der Waals surface area contributed by atoms with Gasteiger partial charge in [0.15, 0.2) is 17.2 Å². The summed E-state index contributed by atoms with van der Waals surface area (Å²) in [6, 6.07) is 48.0. The molecule has 55 heavy (non-hydrogen) atoms. The van der Waals surface area contributed by atoms with E-state index in [1.54, 1.807) is 12.1 Å². The van der Waals surface area contributed by atoms with Gasteiger partial charge in [-0.25, -0.2) is 4.39 Å². The molecule has 9 aromatic rings. The van der Waals surface area contributed by atoms with Gasteiger partial charge in [0.1, 0.15) is 22.7 Å². The highest BCUT2D eigenvalue weighted by atomic mass is 28.3. The summed E-state index contributed by atoms with van der Waals surface area (Å²) in [5, 5.41) is 3.37. The Labute approximate surface area is 321 Å². The predicted octanol–water partition coefficient (Wildman–Crippen LogP) is 10.8. The quantitative estimate of drug-likeness (QED) is 0.131. The lowest BCUT2D eigenvalue weighted by atomic mass is 9.89. The van der Waals surface area contributed by atoms with Crippen molar-refractivity contribution >= 4 is 46.2 Å². The van der Waals surface area contributed by atoms with E-state index >= 15 is 0 Å². The lowest BCUT2D eigenvalue weighted by molar-refractivity contribution is -0.944. The third kappa shape index (κ3) is 4.31. The molecule has 0 fully saturated rings. The number of imidazole rings is 1. The average Bonchev–Trinajstić information content (AvgIpc) is 3.89. The van der Waals surface area contributed by atoms with E-state index in [9.17, 15) is 5.76 Å². The van der Waals surface area contributed by atoms with Crippen LogP contribution in [-0.2, 0) is 5.66 Å². The summed E-state index contributed by atoms with van der Waals surface area (Å²) >= 11 is 0. The zero-order chi connectivity index (χ0) is 38.3. The molecule has 0 saturated carbocycles. The first-order chi connectivity index (χ1) is 26.9. The molecule has 266 valence electrons. The van der Waals surface area contributed by atoms with Crippen molar-refractivity contribution in [3.63, 3.8) is 0 Å². The number of rotatable bonds is 4. The van der Waals surface area contributed by atoms with E-state index in [2.05, 4.69) is 149 Å². The molecule has 6 heteroatoms. The Morgan fingerprint density at radius 1 is 0.709 bits per heavy atom. The van der Waals surface area contributed by atoms with Crippen LogP contribution < -0.4 is 14.3 Å². The molecule has 3 aromatic heterocycles. The zero-order valence-electron chi connectivity index (χ0n) is 32.5. The summed E-state index contributed by atoms with van der Waals surface area (Å²) in [6.07, 6.45) is 2.39. The molecule has 5 heterocycles. The molecular formula is C49H40FN3OSi+2. The number of hydrogen-bond donors (Lipinski definition) is 0. The molecule has 1 unspecified atom stereocenters. The van der Waals surface area contributed by atoms with Crippen LogP contribution in [0.1, 0.15) is 37.8 Å². The number of benzene rings is 6. The van der Waals surface area contributed by atoms with Crippen LogP contribution in [-0.4, -0.2) is 12.6 Å². The van der Waals surface area contributed by atoms with Crippen LogP contribution in [0.15, 0.2) is 150 Å². The van der Waals surface area contributed by atoms with Crippen molar-refractivity contribution in [2.75, 3.05) is 0 Å². The largest absolute Gasteiger partial charge is 0.456 e. The van der Waals surface area contributed by atoms with Crippen molar-refractivity contribution in [3.05, 3.63) is 168 Å². The second-order valence-electron chi connectivity index (χ2n) is 16.4. The fraction of sp³-hybridized carbons (Fsp3) is 0.143. The van der Waals surface area contributed by atoms with Gasteiger partial charge in [0.2, 0.25) is 5.69 Å². The van der Waals surface area contributed by atoms with Gasteiger partial charge >= 0.3 is 11.5 Å². The fourth-order valence-corrected chi connectivity index (χ4v) is 11.1. The molecule has 0 amide bonds. The van der Waals surface area contributed by atoms with Crippen LogP contribution >= 0.6 is 0 Å². The fourth-order valence-electron chi connectivity index (χ4n) is 9.50. The molecule has 1 spiro atoms. The maximum atomic E-state index is 14.6. The molecule has 11 rings (SSSR count). The third-order valence-electron chi connectivity index (χ3n) is 11.9. The van der Waals surface area contributed by atoms with E-state index < -0.39 is 19.6 Å². The Balaban J connectivity index is 1.34. The minimum Gasteiger partial charge on any atom is -0.456 e. The summed E-state index contributed by atoms with van der Waals surface area (Å²) in [4.78, 5) is 0. The molecular weight excluding hydrogens is 694 g/mol. The Kier molecular flexibility index (Phi) is 6.37. The lowest BCUT2D eigenvalue weighted by Crippen LogP contribution is -2.72. The Morgan fingerprint density at radius 3 is 2.22 bits per heavy atom. The second kappa shape index (κ2) is 11.2. The Morgan fingerprint density at radius 2 is 1.44 bits per heavy atom. The lowest BCUT2D eigenvalue weighted by Gasteiger charge is -2.25. The molecule has 6 aromatic carbocycles. The van der Waals surface area contributed by atoms with Gasteiger partial charge in [-0.1, -0.05) is 94.2 Å². The summed E-state index contributed by atoms with van der Waals surface area (Å²) in [5.74, 6) is -0.0503. The van der Waals surface area contributed by atoms with Crippen LogP contribution in [0.3, 0.4) is 0 Å². The number of para-hydroxylation sites is 2. The van der Waals surface area contributed by atoms with E-state index in [-0.39, 0.29) is 5.82 Å². The van der Waals surface area contributed by atoms with Crippen molar-refractivity contribution in [2.24, 2.45) is 0 Å². The van der Waals surface area contributed by atoms with E-state index in [4.69, 9.17) is 4.42 Å². The van der Waals surface area contributed by atoms with Crippen LogP contribution in [0.4, 0.5) is 4.39 Å². The van der Waals surface area contributed by atoms with E-state index in [0.717, 1.165) is 89.1 Å². The highest BCUT2D eigenvalue weighted by molar-refractivity contribution is 6.89. The Hall–Kier alpha value is -6.11. The zero-order valence-corrected chi connectivity index (χ0v) is 32.5. The highest BCUT2D eigenvalue weighted by Crippen LogP contribution is 2.51. The first kappa shape index (κ1) is 31.3. The average molecular weight is 735 g/mol. The summed E-state index contributed by atoms with van der Waals surface area (Å²) < 4.78 is 38.1. The third-order valence-corrected chi connectivity index (χ3v) is 13.9. The number of furan rings is 1. The minimum absolute atomic E-state index is 0.270. The standard InChI is InChI=1S/C49H40FN3OSi/c1-30(2)36-27-44-35-15-9-10-16-40(35)49(51(44)29-47(36)55(3,4)5)41-28-46-38(37-25-32(19-24-45(37)54-46)31-13-7-6-8-14-31)26-39(41)48-52(34-22-20-33(50)21-23-34)42-17-11-12-18-43(42)53(48)49/h6-30H,1-5H3/q+2/i30D. The SMILES string of the molecule is [2H]C(C)(C)c1cc2[n+](cc1[Si](C)(C)C)C1(c3ccccc3-2)c2cc3oc4ccc(-c5ccccc5)cc4c3cc2-c2n(-c3ccc(F)cc3)c3ccccc3[n+]21. The molecule has 0 N–H and O–H groups in total. The van der Waals surface area contributed by atoms with Crippen LogP contribution in [0.25, 0.3) is 72.4 Å². The number of nitrogens with zero attached hydrogens (tertiary/aromatic N) is 3. The van der Waals surface area contributed by atoms with Crippen molar-refractivity contribution < 1.29 is 19.3 Å². The summed E-state index contributed by atoms with van der Waals surface area (Å²) in [7, 11) is -2.00. The molecule has 0 aliphatic carbocycles. The van der Waals surface area contributed by atoms with Gasteiger partial charge in [0.25, 0.3) is 0 Å². The minimum atomic E-state index is -2.00. The number of hydrogen-bond acceptors (Lipinski definition) is 1. The van der Waals surface area contributed by atoms with E-state index in [1.807, 2.05) is 32.0 Å². The summed E-state index contributed by atoms with van der Waals surface area (Å²) in [5.41, 5.74) is 12.7. The van der Waals surface area contributed by atoms with Gasteiger partial charge < -0.3 is 4.42 Å². The van der Waals surface area contributed by atoms with Gasteiger partial charge in [-0.3, -0.25) is 0 Å². The van der Waals surface area contributed by atoms with Gasteiger partial charge in [-0.05, 0) is 95.4 Å². The van der Waals surface area contributed by atoms with Gasteiger partial charge in [0.05, 0.1) is 30.3 Å². The smallest absolute Gasteiger partial charge is 0.364 e. The number of fused-ring (bicyclic) bond motifs is 15. The maximum absolute atomic E-state index is 14.6. The number of aromatic nitrogens is 3.